The lowest BCUT2D eigenvalue weighted by atomic mass is 10.1. The van der Waals surface area contributed by atoms with Gasteiger partial charge in [0.05, 0.1) is 44.6 Å². The van der Waals surface area contributed by atoms with Crippen LogP contribution in [0.3, 0.4) is 0 Å². The number of anilines is 1. The summed E-state index contributed by atoms with van der Waals surface area (Å²) in [7, 11) is 1.66. The Morgan fingerprint density at radius 3 is 3.00 bits per heavy atom. The Kier molecular flexibility index (Phi) is 5.51. The Balaban J connectivity index is 1.93. The summed E-state index contributed by atoms with van der Waals surface area (Å²) in [6.07, 6.45) is -0.246. The van der Waals surface area contributed by atoms with Crippen LogP contribution in [0.5, 0.6) is 0 Å². The van der Waals surface area contributed by atoms with Gasteiger partial charge in [0, 0.05) is 13.7 Å². The van der Waals surface area contributed by atoms with Crippen LogP contribution >= 0.6 is 0 Å². The number of nitrogens with one attached hydrogen (secondary N) is 1. The quantitative estimate of drug-likeness (QED) is 0.668. The van der Waals surface area contributed by atoms with Crippen molar-refractivity contribution >= 4 is 6.01 Å². The molecule has 2 rings (SSSR count). The lowest BCUT2D eigenvalue weighted by Crippen LogP contribution is -2.54. The summed E-state index contributed by atoms with van der Waals surface area (Å²) in [6.45, 7) is 6.98. The fourth-order valence-corrected chi connectivity index (χ4v) is 2.35. The molecule has 1 atom stereocenters. The molecule has 1 aliphatic rings. The maximum Gasteiger partial charge on any atom is 0.318 e. The molecule has 1 unspecified atom stereocenters. The van der Waals surface area contributed by atoms with Gasteiger partial charge in [-0.1, -0.05) is 5.10 Å². The Hall–Kier alpha value is -1.22. The number of aliphatic hydroxyl groups excluding tert-OH is 1. The molecule has 1 aliphatic heterocycles. The molecule has 1 fully saturated rings. The van der Waals surface area contributed by atoms with Gasteiger partial charge in [-0.25, -0.2) is 0 Å². The van der Waals surface area contributed by atoms with Crippen molar-refractivity contribution in [3.05, 3.63) is 5.89 Å². The van der Waals surface area contributed by atoms with E-state index in [1.807, 2.05) is 18.7 Å². The molecular formula is C13H24N4O4. The molecule has 1 saturated heterocycles. The summed E-state index contributed by atoms with van der Waals surface area (Å²) >= 11 is 0. The number of ether oxygens (including phenoxy) is 2. The van der Waals surface area contributed by atoms with E-state index >= 15 is 0 Å². The Morgan fingerprint density at radius 1 is 1.48 bits per heavy atom. The number of hydrogen-bond donors (Lipinski definition) is 2. The van der Waals surface area contributed by atoms with Gasteiger partial charge in [0.1, 0.15) is 0 Å². The van der Waals surface area contributed by atoms with E-state index in [2.05, 4.69) is 15.5 Å². The highest BCUT2D eigenvalue weighted by Gasteiger charge is 2.35. The van der Waals surface area contributed by atoms with Crippen LogP contribution in [0.2, 0.25) is 0 Å². The summed E-state index contributed by atoms with van der Waals surface area (Å²) in [5.41, 5.74) is -0.364. The summed E-state index contributed by atoms with van der Waals surface area (Å²) in [6, 6.07) is 0.466. The first-order chi connectivity index (χ1) is 10.0. The SMILES string of the molecule is COCCNCc1nnc(N2CC(CO)OC(C)(C)C2)o1. The standard InChI is InChI=1S/C13H24N4O4/c1-13(2)9-17(7-10(8-18)21-13)12-16-15-11(20-12)6-14-4-5-19-3/h10,14,18H,4-9H2,1-3H3. The van der Waals surface area contributed by atoms with Gasteiger partial charge in [-0.15, -0.1) is 5.10 Å². The maximum absolute atomic E-state index is 9.32. The highest BCUT2D eigenvalue weighted by atomic mass is 16.5. The fourth-order valence-electron chi connectivity index (χ4n) is 2.35. The zero-order chi connectivity index (χ0) is 15.3. The third kappa shape index (κ3) is 4.63. The van der Waals surface area contributed by atoms with E-state index in [4.69, 9.17) is 13.9 Å². The fraction of sp³-hybridized carbons (Fsp3) is 0.846. The molecule has 120 valence electrons. The second-order valence-corrected chi connectivity index (χ2v) is 5.71. The molecule has 0 saturated carbocycles. The van der Waals surface area contributed by atoms with Gasteiger partial charge in [-0.3, -0.25) is 0 Å². The average Bonchev–Trinajstić information content (AvgIpc) is 2.91. The van der Waals surface area contributed by atoms with E-state index in [0.717, 1.165) is 6.54 Å². The van der Waals surface area contributed by atoms with Crippen LogP contribution in [0.15, 0.2) is 4.42 Å². The molecule has 1 aromatic heterocycles. The second kappa shape index (κ2) is 7.17. The van der Waals surface area contributed by atoms with Crippen LogP contribution in [0, 0.1) is 0 Å². The van der Waals surface area contributed by atoms with Crippen LogP contribution in [0.1, 0.15) is 19.7 Å². The topological polar surface area (TPSA) is 92.9 Å². The molecule has 8 nitrogen and oxygen atoms in total. The summed E-state index contributed by atoms with van der Waals surface area (Å²) in [5, 5.41) is 20.6. The average molecular weight is 300 g/mol. The first-order valence-corrected chi connectivity index (χ1v) is 7.10. The molecule has 21 heavy (non-hydrogen) atoms. The molecule has 1 aromatic rings. The smallest absolute Gasteiger partial charge is 0.318 e. The molecule has 2 N–H and O–H groups in total. The molecule has 8 heteroatoms. The zero-order valence-electron chi connectivity index (χ0n) is 12.8. The Morgan fingerprint density at radius 2 is 2.29 bits per heavy atom. The summed E-state index contributed by atoms with van der Waals surface area (Å²) < 4.78 is 16.4. The molecule has 0 amide bonds. The van der Waals surface area contributed by atoms with Crippen molar-refractivity contribution in [3.63, 3.8) is 0 Å². The van der Waals surface area contributed by atoms with Gasteiger partial charge in [-0.05, 0) is 13.8 Å². The van der Waals surface area contributed by atoms with Crippen molar-refractivity contribution in [1.82, 2.24) is 15.5 Å². The first kappa shape index (κ1) is 16.2. The predicted octanol–water partition coefficient (Wildman–Crippen LogP) is -0.218. The number of hydrogen-bond acceptors (Lipinski definition) is 8. The number of morpholine rings is 1. The second-order valence-electron chi connectivity index (χ2n) is 5.71. The van der Waals surface area contributed by atoms with Crippen LogP contribution in [-0.4, -0.2) is 67.0 Å². The largest absolute Gasteiger partial charge is 0.407 e. The van der Waals surface area contributed by atoms with E-state index in [9.17, 15) is 5.11 Å². The minimum Gasteiger partial charge on any atom is -0.407 e. The summed E-state index contributed by atoms with van der Waals surface area (Å²) in [5.74, 6) is 0.533. The molecule has 0 bridgehead atoms. The molecule has 0 aliphatic carbocycles. The van der Waals surface area contributed by atoms with E-state index in [1.54, 1.807) is 7.11 Å². The zero-order valence-corrected chi connectivity index (χ0v) is 12.8. The van der Waals surface area contributed by atoms with Crippen molar-refractivity contribution in [2.45, 2.75) is 32.1 Å². The molecule has 0 spiro atoms. The number of aromatic nitrogens is 2. The van der Waals surface area contributed by atoms with Gasteiger partial charge in [0.2, 0.25) is 5.89 Å². The van der Waals surface area contributed by atoms with Crippen LogP contribution in [0.25, 0.3) is 0 Å². The molecule has 2 heterocycles. The lowest BCUT2D eigenvalue weighted by molar-refractivity contribution is -0.102. The van der Waals surface area contributed by atoms with E-state index < -0.39 is 0 Å². The van der Waals surface area contributed by atoms with Gasteiger partial charge >= 0.3 is 6.01 Å². The molecule has 0 radical (unpaired) electrons. The third-order valence-electron chi connectivity index (χ3n) is 3.17. The van der Waals surface area contributed by atoms with Crippen LogP contribution < -0.4 is 10.2 Å². The monoisotopic (exact) mass is 300 g/mol. The van der Waals surface area contributed by atoms with Crippen LogP contribution in [-0.2, 0) is 16.0 Å². The van der Waals surface area contributed by atoms with E-state index in [0.29, 0.717) is 38.1 Å². The predicted molar refractivity (Wildman–Crippen MR) is 76.1 cm³/mol. The Labute approximate surface area is 124 Å². The van der Waals surface area contributed by atoms with Crippen molar-refractivity contribution in [3.8, 4) is 0 Å². The maximum atomic E-state index is 9.32. The van der Waals surface area contributed by atoms with Crippen molar-refractivity contribution < 1.29 is 19.0 Å². The van der Waals surface area contributed by atoms with Crippen LogP contribution in [0.4, 0.5) is 6.01 Å². The number of nitrogens with zero attached hydrogens (tertiary/aromatic N) is 3. The van der Waals surface area contributed by atoms with Gasteiger partial charge in [0.15, 0.2) is 0 Å². The van der Waals surface area contributed by atoms with Gasteiger partial charge in [0.25, 0.3) is 0 Å². The number of aliphatic hydroxyl groups is 1. The molecule has 0 aromatic carbocycles. The first-order valence-electron chi connectivity index (χ1n) is 7.10. The highest BCUT2D eigenvalue weighted by molar-refractivity contribution is 5.27. The third-order valence-corrected chi connectivity index (χ3v) is 3.17. The lowest BCUT2D eigenvalue weighted by Gasteiger charge is -2.41. The Bertz CT molecular complexity index is 438. The van der Waals surface area contributed by atoms with Crippen molar-refractivity contribution in [2.24, 2.45) is 0 Å². The van der Waals surface area contributed by atoms with Gasteiger partial charge in [-0.2, -0.15) is 0 Å². The minimum absolute atomic E-state index is 0.0283. The highest BCUT2D eigenvalue weighted by Crippen LogP contribution is 2.25. The van der Waals surface area contributed by atoms with Gasteiger partial charge < -0.3 is 29.2 Å². The van der Waals surface area contributed by atoms with E-state index in [1.165, 1.54) is 0 Å². The van der Waals surface area contributed by atoms with E-state index in [-0.39, 0.29) is 18.3 Å². The summed E-state index contributed by atoms with van der Waals surface area (Å²) in [4.78, 5) is 1.95. The van der Waals surface area contributed by atoms with Crippen molar-refractivity contribution in [1.29, 1.82) is 0 Å². The molecular weight excluding hydrogens is 276 g/mol. The minimum atomic E-state index is -0.364. The number of methoxy groups -OCH3 is 1. The van der Waals surface area contributed by atoms with Crippen molar-refractivity contribution in [2.75, 3.05) is 44.9 Å². The number of rotatable bonds is 7. The normalized spacial score (nSPS) is 21.7.